The van der Waals surface area contributed by atoms with E-state index in [9.17, 15) is 24.6 Å². The molecule has 0 aliphatic heterocycles. The zero-order chi connectivity index (χ0) is 25.8. The monoisotopic (exact) mass is 489 g/mol. The molecule has 4 N–H and O–H groups in total. The van der Waals surface area contributed by atoms with Gasteiger partial charge in [0.25, 0.3) is 5.91 Å². The number of nitrogens with two attached hydrogens (primary N) is 1. The van der Waals surface area contributed by atoms with Crippen LogP contribution in [0, 0.1) is 0 Å². The van der Waals surface area contributed by atoms with E-state index in [2.05, 4.69) is 0 Å². The summed E-state index contributed by atoms with van der Waals surface area (Å²) in [6, 6.07) is 17.6. The number of esters is 1. The SMILES string of the molecule is COC(=O)C[C@@H](c1ccc(OCC(N)=O)cc1)c1c(O)cc(O)c2c(=O)cc(-c3ccccc3)oc12. The van der Waals surface area contributed by atoms with Crippen molar-refractivity contribution in [3.8, 4) is 28.6 Å². The van der Waals surface area contributed by atoms with Gasteiger partial charge in [-0.05, 0) is 17.7 Å². The third-order valence-corrected chi connectivity index (χ3v) is 5.67. The van der Waals surface area contributed by atoms with E-state index < -0.39 is 29.0 Å². The number of phenolic OH excluding ortho intramolecular Hbond substituents is 2. The molecule has 0 unspecified atom stereocenters. The summed E-state index contributed by atoms with van der Waals surface area (Å²) in [5, 5.41) is 21.3. The molecule has 0 aliphatic rings. The van der Waals surface area contributed by atoms with Gasteiger partial charge in [0.05, 0.1) is 13.5 Å². The van der Waals surface area contributed by atoms with Crippen molar-refractivity contribution >= 4 is 22.8 Å². The van der Waals surface area contributed by atoms with Gasteiger partial charge in [0.2, 0.25) is 0 Å². The first-order valence-corrected chi connectivity index (χ1v) is 10.9. The molecule has 0 saturated carbocycles. The van der Waals surface area contributed by atoms with E-state index in [4.69, 9.17) is 19.6 Å². The van der Waals surface area contributed by atoms with Crippen LogP contribution < -0.4 is 15.9 Å². The molecule has 0 saturated heterocycles. The fraction of sp³-hybridized carbons (Fsp3) is 0.148. The normalized spacial score (nSPS) is 11.7. The molecule has 0 bridgehead atoms. The molecule has 36 heavy (non-hydrogen) atoms. The predicted molar refractivity (Wildman–Crippen MR) is 131 cm³/mol. The molecular formula is C27H23NO8. The van der Waals surface area contributed by atoms with Gasteiger partial charge in [-0.25, -0.2) is 0 Å². The molecule has 1 aromatic heterocycles. The number of methoxy groups -OCH3 is 1. The van der Waals surface area contributed by atoms with Crippen molar-refractivity contribution in [1.29, 1.82) is 0 Å². The summed E-state index contributed by atoms with van der Waals surface area (Å²) in [7, 11) is 1.24. The van der Waals surface area contributed by atoms with Crippen molar-refractivity contribution in [3.05, 3.63) is 88.1 Å². The summed E-state index contributed by atoms with van der Waals surface area (Å²) in [6.45, 7) is -0.304. The molecule has 184 valence electrons. The highest BCUT2D eigenvalue weighted by Crippen LogP contribution is 2.43. The summed E-state index contributed by atoms with van der Waals surface area (Å²) in [5.41, 5.74) is 5.85. The van der Waals surface area contributed by atoms with Gasteiger partial charge in [0.15, 0.2) is 12.0 Å². The molecule has 0 spiro atoms. The third kappa shape index (κ3) is 5.00. The van der Waals surface area contributed by atoms with Gasteiger partial charge in [0.1, 0.15) is 34.0 Å². The van der Waals surface area contributed by atoms with E-state index in [1.807, 2.05) is 6.07 Å². The van der Waals surface area contributed by atoms with Crippen LogP contribution in [0.3, 0.4) is 0 Å². The average molecular weight is 489 g/mol. The summed E-state index contributed by atoms with van der Waals surface area (Å²) >= 11 is 0. The maximum atomic E-state index is 13.0. The molecule has 1 atom stereocenters. The van der Waals surface area contributed by atoms with Gasteiger partial charge in [-0.3, -0.25) is 14.4 Å². The topological polar surface area (TPSA) is 149 Å². The van der Waals surface area contributed by atoms with Crippen molar-refractivity contribution in [1.82, 2.24) is 0 Å². The van der Waals surface area contributed by atoms with Crippen LogP contribution in [-0.4, -0.2) is 35.8 Å². The van der Waals surface area contributed by atoms with Crippen LogP contribution in [0.2, 0.25) is 0 Å². The van der Waals surface area contributed by atoms with Crippen LogP contribution in [-0.2, 0) is 14.3 Å². The predicted octanol–water partition coefficient (Wildman–Crippen LogP) is 3.43. The lowest BCUT2D eigenvalue weighted by Crippen LogP contribution is -2.20. The molecule has 3 aromatic carbocycles. The number of rotatable bonds is 8. The highest BCUT2D eigenvalue weighted by atomic mass is 16.5. The molecule has 0 aliphatic carbocycles. The van der Waals surface area contributed by atoms with Crippen LogP contribution in [0.1, 0.15) is 23.5 Å². The maximum absolute atomic E-state index is 13.0. The van der Waals surface area contributed by atoms with Crippen molar-refractivity contribution in [2.24, 2.45) is 5.73 Å². The zero-order valence-electron chi connectivity index (χ0n) is 19.3. The van der Waals surface area contributed by atoms with E-state index in [0.717, 1.165) is 6.07 Å². The lowest BCUT2D eigenvalue weighted by molar-refractivity contribution is -0.140. The van der Waals surface area contributed by atoms with Gasteiger partial charge >= 0.3 is 5.97 Å². The Morgan fingerprint density at radius 3 is 2.33 bits per heavy atom. The lowest BCUT2D eigenvalue weighted by atomic mass is 9.86. The highest BCUT2D eigenvalue weighted by molar-refractivity contribution is 5.90. The first kappa shape index (κ1) is 24.3. The Labute approximate surface area is 205 Å². The van der Waals surface area contributed by atoms with Crippen molar-refractivity contribution in [2.45, 2.75) is 12.3 Å². The Balaban J connectivity index is 1.92. The molecule has 4 aromatic rings. The first-order valence-electron chi connectivity index (χ1n) is 10.9. The second-order valence-corrected chi connectivity index (χ2v) is 8.03. The fourth-order valence-electron chi connectivity index (χ4n) is 3.99. The summed E-state index contributed by atoms with van der Waals surface area (Å²) in [6.07, 6.45) is -0.204. The van der Waals surface area contributed by atoms with Gasteiger partial charge in [-0.15, -0.1) is 0 Å². The summed E-state index contributed by atoms with van der Waals surface area (Å²) < 4.78 is 16.2. The number of aromatic hydroxyl groups is 2. The van der Waals surface area contributed by atoms with Crippen molar-refractivity contribution < 1.29 is 33.7 Å². The standard InChI is InChI=1S/C27H23NO8/c1-34-24(33)11-18(15-7-9-17(10-8-15)35-14-23(28)32)25-19(29)12-20(30)26-21(31)13-22(36-27(25)26)16-5-3-2-4-6-16/h2-10,12-13,18,29-30H,11,14H2,1H3,(H2,28,32)/t18-/m0/s1. The number of phenols is 2. The van der Waals surface area contributed by atoms with E-state index in [0.29, 0.717) is 16.9 Å². The largest absolute Gasteiger partial charge is 0.507 e. The molecule has 9 heteroatoms. The van der Waals surface area contributed by atoms with Crippen LogP contribution >= 0.6 is 0 Å². The van der Waals surface area contributed by atoms with Crippen LogP contribution in [0.4, 0.5) is 0 Å². The second kappa shape index (κ2) is 10.2. The van der Waals surface area contributed by atoms with Gasteiger partial charge in [0, 0.05) is 29.2 Å². The Bertz CT molecular complexity index is 1480. The van der Waals surface area contributed by atoms with Crippen LogP contribution in [0.25, 0.3) is 22.3 Å². The molecule has 0 fully saturated rings. The number of ether oxygens (including phenoxy) is 2. The van der Waals surface area contributed by atoms with Gasteiger partial charge in [-0.2, -0.15) is 0 Å². The average Bonchev–Trinajstić information content (AvgIpc) is 2.87. The van der Waals surface area contributed by atoms with Crippen LogP contribution in [0.5, 0.6) is 17.2 Å². The molecule has 0 radical (unpaired) electrons. The van der Waals surface area contributed by atoms with Crippen molar-refractivity contribution in [3.63, 3.8) is 0 Å². The molecule has 1 heterocycles. The van der Waals surface area contributed by atoms with E-state index in [1.165, 1.54) is 13.2 Å². The number of carbonyl (C=O) groups excluding carboxylic acids is 2. The van der Waals surface area contributed by atoms with Crippen molar-refractivity contribution in [2.75, 3.05) is 13.7 Å². The Kier molecular flexibility index (Phi) is 6.91. The molecule has 9 nitrogen and oxygen atoms in total. The molecular weight excluding hydrogens is 466 g/mol. The number of carbonyl (C=O) groups is 2. The van der Waals surface area contributed by atoms with Gasteiger partial charge in [-0.1, -0.05) is 42.5 Å². The number of hydrogen-bond acceptors (Lipinski definition) is 8. The number of fused-ring (bicyclic) bond motifs is 1. The Morgan fingerprint density at radius 2 is 1.69 bits per heavy atom. The third-order valence-electron chi connectivity index (χ3n) is 5.67. The zero-order valence-corrected chi connectivity index (χ0v) is 19.3. The molecule has 4 rings (SSSR count). The maximum Gasteiger partial charge on any atom is 0.306 e. The smallest absolute Gasteiger partial charge is 0.306 e. The Morgan fingerprint density at radius 1 is 1.00 bits per heavy atom. The minimum atomic E-state index is -0.820. The van der Waals surface area contributed by atoms with E-state index in [-0.39, 0.29) is 41.1 Å². The summed E-state index contributed by atoms with van der Waals surface area (Å²) in [4.78, 5) is 36.4. The van der Waals surface area contributed by atoms with E-state index >= 15 is 0 Å². The minimum absolute atomic E-state index is 0.0539. The van der Waals surface area contributed by atoms with E-state index in [1.54, 1.807) is 48.5 Å². The van der Waals surface area contributed by atoms with Crippen LogP contribution in [0.15, 0.2) is 75.9 Å². The number of hydrogen-bond donors (Lipinski definition) is 3. The minimum Gasteiger partial charge on any atom is -0.507 e. The quantitative estimate of drug-likeness (QED) is 0.319. The fourth-order valence-corrected chi connectivity index (χ4v) is 3.99. The number of primary amides is 1. The second-order valence-electron chi connectivity index (χ2n) is 8.03. The molecule has 1 amide bonds. The lowest BCUT2D eigenvalue weighted by Gasteiger charge is -2.20. The number of benzene rings is 3. The van der Waals surface area contributed by atoms with Gasteiger partial charge < -0.3 is 29.8 Å². The summed E-state index contributed by atoms with van der Waals surface area (Å²) in [5.74, 6) is -2.25. The number of amides is 1. The Hall–Kier alpha value is -4.79. The highest BCUT2D eigenvalue weighted by Gasteiger charge is 2.28. The first-order chi connectivity index (χ1) is 17.3.